The molecule has 1 aromatic rings. The predicted octanol–water partition coefficient (Wildman–Crippen LogP) is 2.26. The summed E-state index contributed by atoms with van der Waals surface area (Å²) < 4.78 is 5.22. The van der Waals surface area contributed by atoms with Crippen molar-refractivity contribution in [3.05, 3.63) is 29.8 Å². The molecule has 1 aromatic carbocycles. The average molecular weight is 276 g/mol. The monoisotopic (exact) mass is 276 g/mol. The molecular formula is C16H24N2O2. The van der Waals surface area contributed by atoms with E-state index in [0.29, 0.717) is 5.92 Å². The molecule has 1 aliphatic heterocycles. The van der Waals surface area contributed by atoms with Gasteiger partial charge >= 0.3 is 0 Å². The van der Waals surface area contributed by atoms with Crippen LogP contribution in [-0.2, 0) is 4.79 Å². The predicted molar refractivity (Wildman–Crippen MR) is 79.7 cm³/mol. The van der Waals surface area contributed by atoms with Gasteiger partial charge in [0.25, 0.3) is 0 Å². The standard InChI is InChI=1S/C16H24N2O2/c1-11-7-8-17-15(9-11)16(19)18-12(2)13-5-4-6-14(10-13)20-3/h4-6,10-12,15,17H,7-9H2,1-3H3,(H,18,19)/t11?,12-,15?/m1/s1. The van der Waals surface area contributed by atoms with E-state index in [-0.39, 0.29) is 18.0 Å². The maximum atomic E-state index is 12.3. The quantitative estimate of drug-likeness (QED) is 0.887. The lowest BCUT2D eigenvalue weighted by atomic mass is 9.93. The number of piperidine rings is 1. The topological polar surface area (TPSA) is 50.4 Å². The normalized spacial score (nSPS) is 23.9. The van der Waals surface area contributed by atoms with E-state index in [1.54, 1.807) is 7.11 Å². The first kappa shape index (κ1) is 14.9. The molecule has 1 aliphatic rings. The first-order valence-corrected chi connectivity index (χ1v) is 7.28. The van der Waals surface area contributed by atoms with E-state index in [9.17, 15) is 4.79 Å². The van der Waals surface area contributed by atoms with Crippen molar-refractivity contribution in [3.8, 4) is 5.75 Å². The summed E-state index contributed by atoms with van der Waals surface area (Å²) in [5.74, 6) is 1.51. The summed E-state index contributed by atoms with van der Waals surface area (Å²) in [6, 6.07) is 7.73. The van der Waals surface area contributed by atoms with Crippen molar-refractivity contribution in [2.24, 2.45) is 5.92 Å². The fraction of sp³-hybridized carbons (Fsp3) is 0.562. The van der Waals surface area contributed by atoms with E-state index >= 15 is 0 Å². The maximum absolute atomic E-state index is 12.3. The number of hydrogen-bond donors (Lipinski definition) is 2. The number of amides is 1. The summed E-state index contributed by atoms with van der Waals surface area (Å²) in [6.45, 7) is 5.12. The number of nitrogens with one attached hydrogen (secondary N) is 2. The van der Waals surface area contributed by atoms with Gasteiger partial charge < -0.3 is 15.4 Å². The Morgan fingerprint density at radius 1 is 1.50 bits per heavy atom. The molecule has 0 bridgehead atoms. The Hall–Kier alpha value is -1.55. The molecule has 0 aromatic heterocycles. The molecule has 1 fully saturated rings. The molecule has 4 heteroatoms. The van der Waals surface area contributed by atoms with Crippen LogP contribution in [0, 0.1) is 5.92 Å². The second-order valence-corrected chi connectivity index (χ2v) is 5.64. The van der Waals surface area contributed by atoms with Crippen LogP contribution < -0.4 is 15.4 Å². The molecule has 1 amide bonds. The minimum Gasteiger partial charge on any atom is -0.497 e. The molecule has 2 unspecified atom stereocenters. The van der Waals surface area contributed by atoms with Crippen LogP contribution in [0.4, 0.5) is 0 Å². The van der Waals surface area contributed by atoms with Crippen LogP contribution in [0.2, 0.25) is 0 Å². The molecule has 3 atom stereocenters. The number of carbonyl (C=O) groups is 1. The third kappa shape index (κ3) is 3.73. The SMILES string of the molecule is COc1cccc([C@@H](C)NC(=O)C2CC(C)CCN2)c1. The van der Waals surface area contributed by atoms with Crippen LogP contribution in [0.25, 0.3) is 0 Å². The fourth-order valence-corrected chi connectivity index (χ4v) is 2.62. The number of carbonyl (C=O) groups excluding carboxylic acids is 1. The Morgan fingerprint density at radius 3 is 3.00 bits per heavy atom. The van der Waals surface area contributed by atoms with Crippen molar-refractivity contribution in [1.82, 2.24) is 10.6 Å². The van der Waals surface area contributed by atoms with Gasteiger partial charge in [0.1, 0.15) is 5.75 Å². The second-order valence-electron chi connectivity index (χ2n) is 5.64. The smallest absolute Gasteiger partial charge is 0.237 e. The Bertz CT molecular complexity index is 462. The van der Waals surface area contributed by atoms with Crippen LogP contribution in [-0.4, -0.2) is 25.6 Å². The Kier molecular flexibility index (Phi) is 5.01. The van der Waals surface area contributed by atoms with E-state index in [0.717, 1.165) is 30.7 Å². The maximum Gasteiger partial charge on any atom is 0.237 e. The summed E-state index contributed by atoms with van der Waals surface area (Å²) in [4.78, 5) is 12.3. The molecule has 1 heterocycles. The Morgan fingerprint density at radius 2 is 2.30 bits per heavy atom. The highest BCUT2D eigenvalue weighted by Crippen LogP contribution is 2.20. The summed E-state index contributed by atoms with van der Waals surface area (Å²) in [5.41, 5.74) is 1.06. The molecule has 0 saturated carbocycles. The van der Waals surface area contributed by atoms with Crippen LogP contribution >= 0.6 is 0 Å². The fourth-order valence-electron chi connectivity index (χ4n) is 2.62. The van der Waals surface area contributed by atoms with Crippen LogP contribution in [0.15, 0.2) is 24.3 Å². The van der Waals surface area contributed by atoms with Gasteiger partial charge in [0.05, 0.1) is 19.2 Å². The molecule has 2 N–H and O–H groups in total. The van der Waals surface area contributed by atoms with Gasteiger partial charge in [-0.05, 0) is 49.9 Å². The van der Waals surface area contributed by atoms with Crippen molar-refractivity contribution in [1.29, 1.82) is 0 Å². The number of benzene rings is 1. The van der Waals surface area contributed by atoms with Crippen LogP contribution in [0.5, 0.6) is 5.75 Å². The molecule has 110 valence electrons. The van der Waals surface area contributed by atoms with E-state index in [4.69, 9.17) is 4.74 Å². The lowest BCUT2D eigenvalue weighted by molar-refractivity contribution is -0.124. The van der Waals surface area contributed by atoms with E-state index < -0.39 is 0 Å². The van der Waals surface area contributed by atoms with Gasteiger partial charge in [-0.3, -0.25) is 4.79 Å². The molecule has 0 radical (unpaired) electrons. The highest BCUT2D eigenvalue weighted by molar-refractivity contribution is 5.82. The van der Waals surface area contributed by atoms with E-state index in [1.165, 1.54) is 0 Å². The first-order valence-electron chi connectivity index (χ1n) is 7.28. The van der Waals surface area contributed by atoms with Crippen molar-refractivity contribution >= 4 is 5.91 Å². The highest BCUT2D eigenvalue weighted by Gasteiger charge is 2.25. The molecule has 1 saturated heterocycles. The van der Waals surface area contributed by atoms with Crippen molar-refractivity contribution in [3.63, 3.8) is 0 Å². The van der Waals surface area contributed by atoms with Gasteiger partial charge in [0.2, 0.25) is 5.91 Å². The average Bonchev–Trinajstić information content (AvgIpc) is 2.47. The minimum absolute atomic E-state index is 0.0170. The third-order valence-electron chi connectivity index (χ3n) is 3.93. The zero-order chi connectivity index (χ0) is 14.5. The number of ether oxygens (including phenoxy) is 1. The van der Waals surface area contributed by atoms with Gasteiger partial charge in [0.15, 0.2) is 0 Å². The molecular weight excluding hydrogens is 252 g/mol. The lowest BCUT2D eigenvalue weighted by Gasteiger charge is -2.28. The van der Waals surface area contributed by atoms with Crippen LogP contribution in [0.1, 0.15) is 38.3 Å². The summed E-state index contributed by atoms with van der Waals surface area (Å²) in [5, 5.41) is 6.37. The minimum atomic E-state index is -0.0631. The molecule has 2 rings (SSSR count). The number of rotatable bonds is 4. The molecule has 20 heavy (non-hydrogen) atoms. The highest BCUT2D eigenvalue weighted by atomic mass is 16.5. The molecule has 4 nitrogen and oxygen atoms in total. The lowest BCUT2D eigenvalue weighted by Crippen LogP contribution is -2.48. The molecule has 0 aliphatic carbocycles. The zero-order valence-electron chi connectivity index (χ0n) is 12.5. The number of hydrogen-bond acceptors (Lipinski definition) is 3. The summed E-state index contributed by atoms with van der Waals surface area (Å²) in [6.07, 6.45) is 2.06. The van der Waals surface area contributed by atoms with Crippen molar-refractivity contribution < 1.29 is 9.53 Å². The van der Waals surface area contributed by atoms with E-state index in [1.807, 2.05) is 31.2 Å². The van der Waals surface area contributed by atoms with Crippen molar-refractivity contribution in [2.75, 3.05) is 13.7 Å². The van der Waals surface area contributed by atoms with E-state index in [2.05, 4.69) is 17.6 Å². The largest absolute Gasteiger partial charge is 0.497 e. The Balaban J connectivity index is 1.96. The summed E-state index contributed by atoms with van der Waals surface area (Å²) >= 11 is 0. The number of methoxy groups -OCH3 is 1. The molecule has 0 spiro atoms. The van der Waals surface area contributed by atoms with Gasteiger partial charge in [-0.25, -0.2) is 0 Å². The van der Waals surface area contributed by atoms with Crippen molar-refractivity contribution in [2.45, 2.75) is 38.8 Å². The summed E-state index contributed by atoms with van der Waals surface area (Å²) in [7, 11) is 1.65. The zero-order valence-corrected chi connectivity index (χ0v) is 12.5. The van der Waals surface area contributed by atoms with Gasteiger partial charge in [-0.2, -0.15) is 0 Å². The third-order valence-corrected chi connectivity index (χ3v) is 3.93. The van der Waals surface area contributed by atoms with Gasteiger partial charge in [0, 0.05) is 0 Å². The second kappa shape index (κ2) is 6.75. The van der Waals surface area contributed by atoms with Crippen LogP contribution in [0.3, 0.4) is 0 Å². The Labute approximate surface area is 120 Å². The van der Waals surface area contributed by atoms with Gasteiger partial charge in [-0.1, -0.05) is 19.1 Å². The first-order chi connectivity index (χ1) is 9.60. The van der Waals surface area contributed by atoms with Gasteiger partial charge in [-0.15, -0.1) is 0 Å².